The van der Waals surface area contributed by atoms with Crippen molar-refractivity contribution in [1.82, 2.24) is 0 Å². The molecule has 1 saturated carbocycles. The van der Waals surface area contributed by atoms with Crippen LogP contribution in [0, 0.1) is 0 Å². The molecule has 0 aromatic heterocycles. The molecule has 1 fully saturated rings. The Bertz CT molecular complexity index is 78.8. The lowest BCUT2D eigenvalue weighted by atomic mass is 10.3. The zero-order valence-electron chi connectivity index (χ0n) is 4.44. The number of alkyl halides is 1. The van der Waals surface area contributed by atoms with Gasteiger partial charge < -0.3 is 0 Å². The van der Waals surface area contributed by atoms with Gasteiger partial charge in [-0.3, -0.25) is 0 Å². The molecule has 0 nitrogen and oxygen atoms in total. The van der Waals surface area contributed by atoms with Gasteiger partial charge in [0.05, 0.1) is 0 Å². The van der Waals surface area contributed by atoms with Crippen LogP contribution >= 0.6 is 21.7 Å². The van der Waals surface area contributed by atoms with E-state index >= 15 is 0 Å². The first-order chi connectivity index (χ1) is 3.83. The van der Waals surface area contributed by atoms with Crippen molar-refractivity contribution in [3.63, 3.8) is 0 Å². The Balaban J connectivity index is 2.22. The van der Waals surface area contributed by atoms with Crippen molar-refractivity contribution in [3.8, 4) is 0 Å². The summed E-state index contributed by atoms with van der Waals surface area (Å²) in [7, 11) is 6.69. The molecule has 1 aliphatic rings. The van der Waals surface area contributed by atoms with E-state index in [1.165, 1.54) is 11.0 Å². The average Bonchev–Trinajstić information content (AvgIpc) is 2.14. The Kier molecular flexibility index (Phi) is 2.44. The number of hydrogen-bond acceptors (Lipinski definition) is 1. The lowest BCUT2D eigenvalue weighted by Gasteiger charge is -1.97. The van der Waals surface area contributed by atoms with Crippen LogP contribution < -0.4 is 0 Å². The van der Waals surface area contributed by atoms with Crippen molar-refractivity contribution < 1.29 is 4.39 Å². The van der Waals surface area contributed by atoms with Crippen molar-refractivity contribution in [2.45, 2.75) is 30.7 Å². The minimum Gasteiger partial charge on any atom is -0.247 e. The van der Waals surface area contributed by atoms with Crippen LogP contribution in [0.3, 0.4) is 0 Å². The van der Waals surface area contributed by atoms with Gasteiger partial charge in [-0.25, -0.2) is 4.39 Å². The highest BCUT2D eigenvalue weighted by Gasteiger charge is 2.23. The van der Waals surface area contributed by atoms with Crippen LogP contribution in [0.4, 0.5) is 4.39 Å². The molecule has 0 N–H and O–H groups in total. The highest BCUT2D eigenvalue weighted by Crippen LogP contribution is 2.33. The Labute approximate surface area is 57.3 Å². The normalized spacial score (nSPS) is 38.2. The van der Waals surface area contributed by atoms with Crippen molar-refractivity contribution in [2.24, 2.45) is 0 Å². The third kappa shape index (κ3) is 1.52. The van der Waals surface area contributed by atoms with E-state index in [9.17, 15) is 4.39 Å². The van der Waals surface area contributed by atoms with Gasteiger partial charge in [0.25, 0.3) is 0 Å². The highest BCUT2D eigenvalue weighted by molar-refractivity contribution is 8.21. The predicted octanol–water partition coefficient (Wildman–Crippen LogP) is 2.76. The summed E-state index contributed by atoms with van der Waals surface area (Å²) < 4.78 is 12.3. The van der Waals surface area contributed by atoms with Gasteiger partial charge in [0.2, 0.25) is 0 Å². The van der Waals surface area contributed by atoms with Crippen molar-refractivity contribution in [3.05, 3.63) is 0 Å². The fraction of sp³-hybridized carbons (Fsp3) is 1.00. The first-order valence-electron chi connectivity index (χ1n) is 2.74. The minimum atomic E-state index is -0.578. The summed E-state index contributed by atoms with van der Waals surface area (Å²) in [5.41, 5.74) is 0. The molecular formula is C5H8ClFS. The van der Waals surface area contributed by atoms with E-state index in [2.05, 4.69) is 0 Å². The van der Waals surface area contributed by atoms with Crippen LogP contribution in [0.5, 0.6) is 0 Å². The average molecular weight is 155 g/mol. The zero-order chi connectivity index (χ0) is 5.98. The monoisotopic (exact) mass is 154 g/mol. The van der Waals surface area contributed by atoms with Gasteiger partial charge in [0, 0.05) is 5.25 Å². The SMILES string of the molecule is FC1CCC(SCl)C1. The third-order valence-electron chi connectivity index (χ3n) is 1.45. The second-order valence-electron chi connectivity index (χ2n) is 2.12. The molecule has 0 aromatic carbocycles. The summed E-state index contributed by atoms with van der Waals surface area (Å²) in [6.45, 7) is 0. The van der Waals surface area contributed by atoms with Gasteiger partial charge in [-0.1, -0.05) is 11.0 Å². The molecule has 2 unspecified atom stereocenters. The van der Waals surface area contributed by atoms with Gasteiger partial charge in [0.1, 0.15) is 6.17 Å². The van der Waals surface area contributed by atoms with Gasteiger partial charge >= 0.3 is 0 Å². The van der Waals surface area contributed by atoms with E-state index in [0.717, 1.165) is 6.42 Å². The maximum absolute atomic E-state index is 12.3. The summed E-state index contributed by atoms with van der Waals surface area (Å²) in [4.78, 5) is 0. The summed E-state index contributed by atoms with van der Waals surface area (Å²) in [6.07, 6.45) is 1.75. The summed E-state index contributed by atoms with van der Waals surface area (Å²) in [6, 6.07) is 0. The summed E-state index contributed by atoms with van der Waals surface area (Å²) >= 11 is 0. The lowest BCUT2D eigenvalue weighted by Crippen LogP contribution is -1.93. The fourth-order valence-corrected chi connectivity index (χ4v) is 1.96. The maximum Gasteiger partial charge on any atom is 0.101 e. The van der Waals surface area contributed by atoms with Crippen LogP contribution in [-0.4, -0.2) is 11.4 Å². The first kappa shape index (κ1) is 6.69. The molecule has 0 bridgehead atoms. The van der Waals surface area contributed by atoms with Gasteiger partial charge in [-0.05, 0) is 29.9 Å². The Morgan fingerprint density at radius 3 is 2.50 bits per heavy atom. The Morgan fingerprint density at radius 1 is 1.50 bits per heavy atom. The molecule has 1 rings (SSSR count). The fourth-order valence-electron chi connectivity index (χ4n) is 0.969. The standard InChI is InChI=1S/C5H8ClFS/c6-8-5-2-1-4(7)3-5/h4-5H,1-3H2. The molecule has 0 radical (unpaired) electrons. The minimum absolute atomic E-state index is 0.381. The van der Waals surface area contributed by atoms with E-state index in [1.807, 2.05) is 0 Å². The molecule has 48 valence electrons. The van der Waals surface area contributed by atoms with Crippen LogP contribution in [0.15, 0.2) is 0 Å². The van der Waals surface area contributed by atoms with Crippen LogP contribution in [0.2, 0.25) is 0 Å². The number of rotatable bonds is 1. The number of hydrogen-bond donors (Lipinski definition) is 0. The molecule has 1 aliphatic carbocycles. The summed E-state index contributed by atoms with van der Waals surface area (Å²) in [5.74, 6) is 0. The number of halogens is 2. The predicted molar refractivity (Wildman–Crippen MR) is 36.0 cm³/mol. The molecular weight excluding hydrogens is 147 g/mol. The van der Waals surface area contributed by atoms with Crippen LogP contribution in [0.1, 0.15) is 19.3 Å². The van der Waals surface area contributed by atoms with E-state index in [0.29, 0.717) is 18.1 Å². The van der Waals surface area contributed by atoms with E-state index < -0.39 is 6.17 Å². The van der Waals surface area contributed by atoms with E-state index in [4.69, 9.17) is 10.7 Å². The molecule has 0 aliphatic heterocycles. The molecule has 0 amide bonds. The quantitative estimate of drug-likeness (QED) is 0.560. The van der Waals surface area contributed by atoms with E-state index in [-0.39, 0.29) is 0 Å². The molecule has 0 aromatic rings. The molecule has 0 heterocycles. The van der Waals surface area contributed by atoms with Crippen LogP contribution in [0.25, 0.3) is 0 Å². The topological polar surface area (TPSA) is 0 Å². The Hall–Kier alpha value is 0.570. The van der Waals surface area contributed by atoms with Crippen molar-refractivity contribution in [1.29, 1.82) is 0 Å². The van der Waals surface area contributed by atoms with E-state index in [1.54, 1.807) is 0 Å². The molecule has 0 saturated heterocycles. The Morgan fingerprint density at radius 2 is 2.25 bits per heavy atom. The smallest absolute Gasteiger partial charge is 0.101 e. The zero-order valence-corrected chi connectivity index (χ0v) is 6.01. The highest BCUT2D eigenvalue weighted by atomic mass is 35.7. The first-order valence-corrected chi connectivity index (χ1v) is 4.45. The largest absolute Gasteiger partial charge is 0.247 e. The third-order valence-corrected chi connectivity index (χ3v) is 2.88. The van der Waals surface area contributed by atoms with Crippen molar-refractivity contribution in [2.75, 3.05) is 0 Å². The molecule has 0 spiro atoms. The maximum atomic E-state index is 12.3. The second-order valence-corrected chi connectivity index (χ2v) is 3.50. The summed E-state index contributed by atoms with van der Waals surface area (Å²) in [5, 5.41) is 0.381. The van der Waals surface area contributed by atoms with Crippen LogP contribution in [-0.2, 0) is 0 Å². The van der Waals surface area contributed by atoms with Gasteiger partial charge in [-0.2, -0.15) is 0 Å². The molecule has 3 heteroatoms. The second kappa shape index (κ2) is 2.92. The van der Waals surface area contributed by atoms with Gasteiger partial charge in [-0.15, -0.1) is 0 Å². The van der Waals surface area contributed by atoms with Crippen molar-refractivity contribution >= 4 is 21.7 Å². The van der Waals surface area contributed by atoms with Gasteiger partial charge in [0.15, 0.2) is 0 Å². The molecule has 8 heavy (non-hydrogen) atoms. The lowest BCUT2D eigenvalue weighted by molar-refractivity contribution is 0.343. The molecule has 2 atom stereocenters.